The number of aliphatic carboxylic acids is 1. The molecular formula is C21H25N3O5. The fourth-order valence-corrected chi connectivity index (χ4v) is 3.51. The Hall–Kier alpha value is -3.13. The number of benzene rings is 1. The van der Waals surface area contributed by atoms with Crippen LogP contribution in [0.25, 0.3) is 0 Å². The SMILES string of the molecule is CC[C@@H](NC(=O)c1cc(C(=O)N(C)CC(=O)O)n2c1COCC2)c1ccccc1. The second-order valence-corrected chi connectivity index (χ2v) is 6.99. The maximum Gasteiger partial charge on any atom is 0.323 e. The van der Waals surface area contributed by atoms with Crippen molar-refractivity contribution in [3.05, 3.63) is 58.9 Å². The summed E-state index contributed by atoms with van der Waals surface area (Å²) < 4.78 is 7.25. The lowest BCUT2D eigenvalue weighted by Crippen LogP contribution is -2.34. The van der Waals surface area contributed by atoms with Gasteiger partial charge in [-0.3, -0.25) is 14.4 Å². The number of amides is 2. The van der Waals surface area contributed by atoms with E-state index in [1.54, 1.807) is 4.57 Å². The van der Waals surface area contributed by atoms with E-state index in [2.05, 4.69) is 5.32 Å². The Bertz CT molecular complexity index is 907. The van der Waals surface area contributed by atoms with E-state index in [4.69, 9.17) is 9.84 Å². The fourth-order valence-electron chi connectivity index (χ4n) is 3.51. The van der Waals surface area contributed by atoms with Gasteiger partial charge in [0.05, 0.1) is 30.5 Å². The molecule has 2 N–H and O–H groups in total. The molecule has 0 spiro atoms. The van der Waals surface area contributed by atoms with E-state index in [0.717, 1.165) is 16.9 Å². The predicted molar refractivity (Wildman–Crippen MR) is 106 cm³/mol. The molecule has 0 aliphatic carbocycles. The first kappa shape index (κ1) is 20.6. The van der Waals surface area contributed by atoms with Gasteiger partial charge in [-0.25, -0.2) is 0 Å². The molecule has 2 amide bonds. The van der Waals surface area contributed by atoms with E-state index < -0.39 is 18.4 Å². The van der Waals surface area contributed by atoms with Crippen LogP contribution < -0.4 is 5.32 Å². The first-order valence-corrected chi connectivity index (χ1v) is 9.55. The quantitative estimate of drug-likeness (QED) is 0.742. The molecule has 2 heterocycles. The Kier molecular flexibility index (Phi) is 6.33. The van der Waals surface area contributed by atoms with E-state index in [9.17, 15) is 14.4 Å². The summed E-state index contributed by atoms with van der Waals surface area (Å²) in [5, 5.41) is 12.0. The Balaban J connectivity index is 1.89. The molecule has 2 aromatic rings. The van der Waals surface area contributed by atoms with Crippen LogP contribution in [0, 0.1) is 0 Å². The van der Waals surface area contributed by atoms with Crippen LogP contribution in [0.4, 0.5) is 0 Å². The zero-order valence-corrected chi connectivity index (χ0v) is 16.6. The normalized spacial score (nSPS) is 14.0. The summed E-state index contributed by atoms with van der Waals surface area (Å²) in [6, 6.07) is 11.1. The van der Waals surface area contributed by atoms with Crippen LogP contribution in [0.5, 0.6) is 0 Å². The van der Waals surface area contributed by atoms with E-state index in [0.29, 0.717) is 30.1 Å². The second-order valence-electron chi connectivity index (χ2n) is 6.99. The molecule has 0 saturated heterocycles. The van der Waals surface area contributed by atoms with Gasteiger partial charge in [-0.05, 0) is 18.1 Å². The third-order valence-electron chi connectivity index (χ3n) is 5.00. The number of rotatable bonds is 7. The van der Waals surface area contributed by atoms with Crippen LogP contribution in [0.3, 0.4) is 0 Å². The fraction of sp³-hybridized carbons (Fsp3) is 0.381. The number of carboxylic acids is 1. The lowest BCUT2D eigenvalue weighted by molar-refractivity contribution is -0.137. The van der Waals surface area contributed by atoms with Crippen molar-refractivity contribution in [2.24, 2.45) is 0 Å². The molecule has 1 aliphatic heterocycles. The number of hydrogen-bond donors (Lipinski definition) is 2. The minimum Gasteiger partial charge on any atom is -0.480 e. The highest BCUT2D eigenvalue weighted by Crippen LogP contribution is 2.24. The number of ether oxygens (including phenoxy) is 1. The van der Waals surface area contributed by atoms with Crippen molar-refractivity contribution in [2.75, 3.05) is 20.2 Å². The zero-order chi connectivity index (χ0) is 21.0. The Labute approximate surface area is 169 Å². The molecule has 0 saturated carbocycles. The van der Waals surface area contributed by atoms with E-state index >= 15 is 0 Å². The van der Waals surface area contributed by atoms with Crippen LogP contribution in [0.2, 0.25) is 0 Å². The first-order valence-electron chi connectivity index (χ1n) is 9.55. The highest BCUT2D eigenvalue weighted by Gasteiger charge is 2.28. The lowest BCUT2D eigenvalue weighted by atomic mass is 10.0. The van der Waals surface area contributed by atoms with Gasteiger partial charge in [-0.2, -0.15) is 0 Å². The molecule has 8 heteroatoms. The molecule has 29 heavy (non-hydrogen) atoms. The monoisotopic (exact) mass is 399 g/mol. The summed E-state index contributed by atoms with van der Waals surface area (Å²) in [6.07, 6.45) is 0.718. The number of fused-ring (bicyclic) bond motifs is 1. The van der Waals surface area contributed by atoms with Crippen molar-refractivity contribution in [1.29, 1.82) is 0 Å². The minimum atomic E-state index is -1.10. The summed E-state index contributed by atoms with van der Waals surface area (Å²) in [5.41, 5.74) is 2.31. The van der Waals surface area contributed by atoms with Gasteiger partial charge in [0.2, 0.25) is 0 Å². The van der Waals surface area contributed by atoms with Crippen molar-refractivity contribution >= 4 is 17.8 Å². The smallest absolute Gasteiger partial charge is 0.323 e. The molecule has 3 rings (SSSR count). The van der Waals surface area contributed by atoms with Crippen molar-refractivity contribution < 1.29 is 24.2 Å². The largest absolute Gasteiger partial charge is 0.480 e. The Morgan fingerprint density at radius 2 is 2.00 bits per heavy atom. The molecule has 0 fully saturated rings. The van der Waals surface area contributed by atoms with Crippen molar-refractivity contribution in [3.63, 3.8) is 0 Å². The Morgan fingerprint density at radius 3 is 2.66 bits per heavy atom. The summed E-state index contributed by atoms with van der Waals surface area (Å²) >= 11 is 0. The van der Waals surface area contributed by atoms with Crippen LogP contribution >= 0.6 is 0 Å². The highest BCUT2D eigenvalue weighted by molar-refractivity contribution is 6.01. The molecule has 0 bridgehead atoms. The molecular weight excluding hydrogens is 374 g/mol. The average Bonchev–Trinajstić information content (AvgIpc) is 3.11. The standard InChI is InChI=1S/C21H25N3O5/c1-3-16(14-7-5-4-6-8-14)22-20(27)15-11-17(21(28)23(2)12-19(25)26)24-9-10-29-13-18(15)24/h4-8,11,16H,3,9-10,12-13H2,1-2H3,(H,22,27)(H,25,26)/t16-/m1/s1. The summed E-state index contributed by atoms with van der Waals surface area (Å²) in [6.45, 7) is 2.66. The van der Waals surface area contributed by atoms with Gasteiger partial charge in [-0.15, -0.1) is 0 Å². The first-order chi connectivity index (χ1) is 13.9. The van der Waals surface area contributed by atoms with Crippen LogP contribution in [0.15, 0.2) is 36.4 Å². The third kappa shape index (κ3) is 4.48. The number of carboxylic acid groups (broad SMARTS) is 1. The van der Waals surface area contributed by atoms with Crippen LogP contribution in [-0.4, -0.2) is 52.6 Å². The van der Waals surface area contributed by atoms with Gasteiger partial charge in [0, 0.05) is 13.6 Å². The van der Waals surface area contributed by atoms with E-state index in [-0.39, 0.29) is 18.6 Å². The predicted octanol–water partition coefficient (Wildman–Crippen LogP) is 2.06. The van der Waals surface area contributed by atoms with Crippen LogP contribution in [-0.2, 0) is 22.7 Å². The lowest BCUT2D eigenvalue weighted by Gasteiger charge is -2.22. The number of likely N-dealkylation sites (N-methyl/N-ethyl adjacent to an activating group) is 1. The molecule has 154 valence electrons. The number of nitrogens with zero attached hydrogens (tertiary/aromatic N) is 2. The summed E-state index contributed by atoms with van der Waals surface area (Å²) in [7, 11) is 1.43. The van der Waals surface area contributed by atoms with Crippen molar-refractivity contribution in [1.82, 2.24) is 14.8 Å². The number of hydrogen-bond acceptors (Lipinski definition) is 4. The Morgan fingerprint density at radius 1 is 1.28 bits per heavy atom. The van der Waals surface area contributed by atoms with Gasteiger partial charge < -0.3 is 24.6 Å². The number of carbonyl (C=O) groups excluding carboxylic acids is 2. The van der Waals surface area contributed by atoms with Gasteiger partial charge in [0.15, 0.2) is 0 Å². The van der Waals surface area contributed by atoms with Crippen molar-refractivity contribution in [3.8, 4) is 0 Å². The molecule has 0 radical (unpaired) electrons. The third-order valence-corrected chi connectivity index (χ3v) is 5.00. The molecule has 8 nitrogen and oxygen atoms in total. The van der Waals surface area contributed by atoms with Gasteiger partial charge in [0.25, 0.3) is 11.8 Å². The number of carbonyl (C=O) groups is 3. The maximum atomic E-state index is 13.0. The number of aromatic nitrogens is 1. The highest BCUT2D eigenvalue weighted by atomic mass is 16.5. The van der Waals surface area contributed by atoms with E-state index in [1.807, 2.05) is 37.3 Å². The average molecular weight is 399 g/mol. The summed E-state index contributed by atoms with van der Waals surface area (Å²) in [4.78, 5) is 37.9. The molecule has 1 aromatic heterocycles. The molecule has 1 aliphatic rings. The van der Waals surface area contributed by atoms with Gasteiger partial charge in [0.1, 0.15) is 12.2 Å². The topological polar surface area (TPSA) is 101 Å². The van der Waals surface area contributed by atoms with Gasteiger partial charge in [-0.1, -0.05) is 37.3 Å². The van der Waals surface area contributed by atoms with Gasteiger partial charge >= 0.3 is 5.97 Å². The second kappa shape index (κ2) is 8.91. The minimum absolute atomic E-state index is 0.155. The molecule has 1 atom stereocenters. The number of nitrogens with one attached hydrogen (secondary N) is 1. The van der Waals surface area contributed by atoms with Crippen LogP contribution in [0.1, 0.15) is 51.5 Å². The zero-order valence-electron chi connectivity index (χ0n) is 16.6. The molecule has 0 unspecified atom stereocenters. The van der Waals surface area contributed by atoms with Crippen molar-refractivity contribution in [2.45, 2.75) is 32.5 Å². The summed E-state index contributed by atoms with van der Waals surface area (Å²) in [5.74, 6) is -1.82. The van der Waals surface area contributed by atoms with E-state index in [1.165, 1.54) is 13.1 Å². The maximum absolute atomic E-state index is 13.0. The molecule has 1 aromatic carbocycles.